The van der Waals surface area contributed by atoms with Crippen molar-refractivity contribution in [2.45, 2.75) is 0 Å². The molecule has 47 heavy (non-hydrogen) atoms. The Hall–Kier alpha value is -6.32. The Labute approximate surface area is 270 Å². The van der Waals surface area contributed by atoms with Crippen molar-refractivity contribution in [3.63, 3.8) is 0 Å². The van der Waals surface area contributed by atoms with E-state index in [1.54, 1.807) is 0 Å². The zero-order valence-electron chi connectivity index (χ0n) is 25.4. The Balaban J connectivity index is 1.21. The molecule has 0 amide bonds. The zero-order valence-corrected chi connectivity index (χ0v) is 25.4. The Kier molecular flexibility index (Phi) is 5.57. The Bertz CT molecular complexity index is 2810. The number of hydrogen-bond acceptors (Lipinski definition) is 3. The standard InChI is InChI=1S/C44H27NO2/c1-2-10-28(11-3-1)34-13-6-8-16-39(34)45(32-20-18-30-25-38-36-15-7-9-17-40(36)46-42(38)26-31(30)24-32)33-21-22-37-43(27-33)47-41-23-19-29-12-4-5-14-35(29)44(37)41/h1-27H. The minimum Gasteiger partial charge on any atom is -0.456 e. The topological polar surface area (TPSA) is 29.5 Å². The molecule has 8 aromatic carbocycles. The van der Waals surface area contributed by atoms with Crippen LogP contribution in [-0.2, 0) is 0 Å². The van der Waals surface area contributed by atoms with Gasteiger partial charge in [-0.25, -0.2) is 0 Å². The van der Waals surface area contributed by atoms with Gasteiger partial charge in [0.1, 0.15) is 22.3 Å². The molecule has 0 bridgehead atoms. The summed E-state index contributed by atoms with van der Waals surface area (Å²) < 4.78 is 12.8. The summed E-state index contributed by atoms with van der Waals surface area (Å²) in [6.45, 7) is 0. The first-order chi connectivity index (χ1) is 23.3. The van der Waals surface area contributed by atoms with Gasteiger partial charge in [0.05, 0.1) is 5.69 Å². The molecule has 220 valence electrons. The maximum absolute atomic E-state index is 6.55. The third-order valence-corrected chi connectivity index (χ3v) is 9.41. The molecule has 3 nitrogen and oxygen atoms in total. The van der Waals surface area contributed by atoms with Crippen molar-refractivity contribution in [1.82, 2.24) is 0 Å². The van der Waals surface area contributed by atoms with Gasteiger partial charge in [-0.1, -0.05) is 103 Å². The molecule has 0 unspecified atom stereocenters. The van der Waals surface area contributed by atoms with Crippen LogP contribution in [0.2, 0.25) is 0 Å². The largest absolute Gasteiger partial charge is 0.456 e. The number of rotatable bonds is 4. The van der Waals surface area contributed by atoms with Crippen molar-refractivity contribution in [2.75, 3.05) is 4.90 Å². The molecule has 0 spiro atoms. The highest BCUT2D eigenvalue weighted by Gasteiger charge is 2.20. The lowest BCUT2D eigenvalue weighted by atomic mass is 10.0. The third kappa shape index (κ3) is 4.07. The van der Waals surface area contributed by atoms with E-state index >= 15 is 0 Å². The van der Waals surface area contributed by atoms with Gasteiger partial charge >= 0.3 is 0 Å². The molecule has 0 N–H and O–H groups in total. The van der Waals surface area contributed by atoms with E-state index in [4.69, 9.17) is 8.83 Å². The zero-order chi connectivity index (χ0) is 30.9. The molecule has 0 aliphatic rings. The van der Waals surface area contributed by atoms with Crippen LogP contribution < -0.4 is 4.90 Å². The van der Waals surface area contributed by atoms with Crippen molar-refractivity contribution >= 4 is 82.5 Å². The predicted molar refractivity (Wildman–Crippen MR) is 196 cm³/mol. The second-order valence-electron chi connectivity index (χ2n) is 12.1. The van der Waals surface area contributed by atoms with Gasteiger partial charge in [0.2, 0.25) is 0 Å². The van der Waals surface area contributed by atoms with Crippen LogP contribution >= 0.6 is 0 Å². The summed E-state index contributed by atoms with van der Waals surface area (Å²) in [5.74, 6) is 0. The third-order valence-electron chi connectivity index (χ3n) is 9.41. The minimum absolute atomic E-state index is 0.862. The SMILES string of the molecule is c1ccc(-c2ccccc2N(c2ccc3cc4c(cc3c2)oc2ccccc24)c2ccc3c(c2)oc2ccc4ccccc4c23)cc1. The van der Waals surface area contributed by atoms with Gasteiger partial charge in [-0.05, 0) is 81.7 Å². The molecule has 0 fully saturated rings. The van der Waals surface area contributed by atoms with Gasteiger partial charge in [0, 0.05) is 44.5 Å². The van der Waals surface area contributed by atoms with Crippen molar-refractivity contribution in [3.8, 4) is 11.1 Å². The number of para-hydroxylation sites is 2. The van der Waals surface area contributed by atoms with Crippen molar-refractivity contribution < 1.29 is 8.83 Å². The molecule has 10 aromatic rings. The Morgan fingerprint density at radius 3 is 2.00 bits per heavy atom. The second kappa shape index (κ2) is 10.1. The molecule has 2 aromatic heterocycles. The first-order valence-electron chi connectivity index (χ1n) is 15.9. The molecular weight excluding hydrogens is 574 g/mol. The first kappa shape index (κ1) is 26.0. The molecule has 2 heterocycles. The molecule has 10 rings (SSSR count). The van der Waals surface area contributed by atoms with E-state index < -0.39 is 0 Å². The molecule has 0 saturated carbocycles. The van der Waals surface area contributed by atoms with Gasteiger partial charge in [-0.2, -0.15) is 0 Å². The number of fused-ring (bicyclic) bond motifs is 9. The number of anilines is 3. The van der Waals surface area contributed by atoms with E-state index in [9.17, 15) is 0 Å². The van der Waals surface area contributed by atoms with Gasteiger partial charge in [0.15, 0.2) is 0 Å². The average Bonchev–Trinajstić information content (AvgIpc) is 3.69. The second-order valence-corrected chi connectivity index (χ2v) is 12.1. The van der Waals surface area contributed by atoms with E-state index in [2.05, 4.69) is 157 Å². The lowest BCUT2D eigenvalue weighted by Gasteiger charge is -2.28. The van der Waals surface area contributed by atoms with Crippen molar-refractivity contribution in [2.24, 2.45) is 0 Å². The Morgan fingerprint density at radius 1 is 0.362 bits per heavy atom. The van der Waals surface area contributed by atoms with Crippen LogP contribution in [0.5, 0.6) is 0 Å². The highest BCUT2D eigenvalue weighted by Crippen LogP contribution is 2.44. The fraction of sp³-hybridized carbons (Fsp3) is 0. The summed E-state index contributed by atoms with van der Waals surface area (Å²) in [5, 5.41) is 9.24. The quantitative estimate of drug-likeness (QED) is 0.201. The van der Waals surface area contributed by atoms with Crippen molar-refractivity contribution in [1.29, 1.82) is 0 Å². The van der Waals surface area contributed by atoms with Crippen LogP contribution in [-0.4, -0.2) is 0 Å². The number of benzene rings is 8. The molecule has 0 radical (unpaired) electrons. The Morgan fingerprint density at radius 2 is 1.06 bits per heavy atom. The van der Waals surface area contributed by atoms with E-state index in [0.717, 1.165) is 77.5 Å². The fourth-order valence-electron chi connectivity index (χ4n) is 7.23. The maximum atomic E-state index is 6.55. The van der Waals surface area contributed by atoms with Crippen molar-refractivity contribution in [3.05, 3.63) is 164 Å². The molecule has 0 saturated heterocycles. The number of furan rings is 2. The first-order valence-corrected chi connectivity index (χ1v) is 15.9. The van der Waals surface area contributed by atoms with Gasteiger partial charge < -0.3 is 13.7 Å². The number of hydrogen-bond donors (Lipinski definition) is 0. The van der Waals surface area contributed by atoms with Gasteiger partial charge in [-0.3, -0.25) is 0 Å². The van der Waals surface area contributed by atoms with Crippen LogP contribution in [0.15, 0.2) is 173 Å². The molecular formula is C44H27NO2. The maximum Gasteiger partial charge on any atom is 0.137 e. The van der Waals surface area contributed by atoms with Gasteiger partial charge in [-0.15, -0.1) is 0 Å². The molecule has 0 atom stereocenters. The molecule has 0 aliphatic heterocycles. The monoisotopic (exact) mass is 601 g/mol. The van der Waals surface area contributed by atoms with Crippen LogP contribution in [0.25, 0.3) is 76.5 Å². The summed E-state index contributed by atoms with van der Waals surface area (Å²) in [6.07, 6.45) is 0. The fourth-order valence-corrected chi connectivity index (χ4v) is 7.23. The van der Waals surface area contributed by atoms with Crippen LogP contribution in [0.4, 0.5) is 17.1 Å². The molecule has 0 aliphatic carbocycles. The summed E-state index contributed by atoms with van der Waals surface area (Å²) in [7, 11) is 0. The summed E-state index contributed by atoms with van der Waals surface area (Å²) in [4.78, 5) is 2.34. The minimum atomic E-state index is 0.862. The smallest absolute Gasteiger partial charge is 0.137 e. The lowest BCUT2D eigenvalue weighted by molar-refractivity contribution is 0.669. The van der Waals surface area contributed by atoms with E-state index in [1.807, 2.05) is 12.1 Å². The van der Waals surface area contributed by atoms with Crippen LogP contribution in [0.3, 0.4) is 0 Å². The lowest BCUT2D eigenvalue weighted by Crippen LogP contribution is -2.11. The van der Waals surface area contributed by atoms with Crippen LogP contribution in [0, 0.1) is 0 Å². The highest BCUT2D eigenvalue weighted by atomic mass is 16.3. The van der Waals surface area contributed by atoms with E-state index in [-0.39, 0.29) is 0 Å². The van der Waals surface area contributed by atoms with Crippen LogP contribution in [0.1, 0.15) is 0 Å². The number of nitrogens with zero attached hydrogens (tertiary/aromatic N) is 1. The summed E-state index contributed by atoms with van der Waals surface area (Å²) in [5.41, 5.74) is 9.03. The van der Waals surface area contributed by atoms with E-state index in [1.165, 1.54) is 16.2 Å². The van der Waals surface area contributed by atoms with Gasteiger partial charge in [0.25, 0.3) is 0 Å². The summed E-state index contributed by atoms with van der Waals surface area (Å²) in [6, 6.07) is 57.9. The van der Waals surface area contributed by atoms with E-state index in [0.29, 0.717) is 0 Å². The normalized spacial score (nSPS) is 11.8. The highest BCUT2D eigenvalue weighted by molar-refractivity contribution is 6.19. The summed E-state index contributed by atoms with van der Waals surface area (Å²) >= 11 is 0. The molecule has 3 heteroatoms. The predicted octanol–water partition coefficient (Wildman–Crippen LogP) is 12.9. The average molecular weight is 602 g/mol.